The second-order valence-electron chi connectivity index (χ2n) is 43.0. The SMILES string of the molecule is CC(C)[Si](OC[C@H]1O[C@H](OC2[C@@H](Oc3ccc([C@H](NC(=O)OCC4c5ccccc5-c5ccccc54)C(=O)O)cc3)O[C@H](O[Si](C(C)C)(C(C)C)C(C)C)[C@H](O[Si](C(C)C)(C(C)C)C(C)C)[C@@H]2O[Si](C(C)C)(C(C)C)C(C)C)[C@@H](O[Si](C(C)C)(C(C)C)C(C)C)[C@@H](O[Si](C(C)C)(C(C)C)C(C)C)[C@H]1O[Si](C(C)C)(C(C)C)C(C)C)(C(C)C)C(C)C. The molecule has 3 aromatic carbocycles. The molecular weight excluding hydrogens is 1620 g/mol. The average Bonchev–Trinajstić information content (AvgIpc) is 0.968. The maximum atomic E-state index is 14.2. The predicted octanol–water partition coefficient (Wildman–Crippen LogP) is 28.7. The topological polar surface area (TPSA) is 177 Å². The minimum Gasteiger partial charge on any atom is -0.479 e. The summed E-state index contributed by atoms with van der Waals surface area (Å²) in [5.41, 5.74) is 7.79. The molecule has 0 bridgehead atoms. The monoisotopic (exact) mass is 1790 g/mol. The van der Waals surface area contributed by atoms with Crippen LogP contribution in [0.3, 0.4) is 0 Å². The van der Waals surface area contributed by atoms with Crippen molar-refractivity contribution in [2.45, 2.75) is 481 Å². The van der Waals surface area contributed by atoms with Gasteiger partial charge in [0.05, 0.1) is 6.61 Å². The Morgan fingerprint density at radius 2 is 0.617 bits per heavy atom. The molecule has 6 rings (SSSR count). The molecule has 11 atom stereocenters. The number of aliphatic carboxylic acids is 1. The first-order valence-corrected chi connectivity index (χ1v) is 62.3. The van der Waals surface area contributed by atoms with Gasteiger partial charge < -0.3 is 65.1 Å². The van der Waals surface area contributed by atoms with E-state index in [1.54, 1.807) is 24.3 Å². The lowest BCUT2D eigenvalue weighted by Crippen LogP contribution is -2.73. The Bertz CT molecular complexity index is 3450. The van der Waals surface area contributed by atoms with Crippen LogP contribution in [0.4, 0.5) is 4.79 Å². The zero-order chi connectivity index (χ0) is 91.3. The molecule has 120 heavy (non-hydrogen) atoms. The lowest BCUT2D eigenvalue weighted by molar-refractivity contribution is -0.366. The highest BCUT2D eigenvalue weighted by atomic mass is 28.4. The van der Waals surface area contributed by atoms with Crippen LogP contribution in [0, 0.1) is 0 Å². The van der Waals surface area contributed by atoms with Crippen molar-refractivity contribution in [1.29, 1.82) is 0 Å². The fourth-order valence-electron chi connectivity index (χ4n) is 25.5. The summed E-state index contributed by atoms with van der Waals surface area (Å²) in [6, 6.07) is 21.7. The van der Waals surface area contributed by atoms with E-state index in [0.717, 1.165) is 22.3 Å². The number of carbonyl (C=O) groups is 2. The van der Waals surface area contributed by atoms with Gasteiger partial charge >= 0.3 is 12.1 Å². The molecule has 2 saturated heterocycles. The molecule has 0 saturated carbocycles. The van der Waals surface area contributed by atoms with Crippen molar-refractivity contribution < 1.29 is 69.4 Å². The number of amides is 1. The van der Waals surface area contributed by atoms with E-state index < -0.39 is 138 Å². The number of alkyl carbamates (subject to hydrolysis) is 1. The van der Waals surface area contributed by atoms with Gasteiger partial charge in [-0.2, -0.15) is 0 Å². The van der Waals surface area contributed by atoms with Gasteiger partial charge in [-0.1, -0.05) is 351 Å². The first-order valence-electron chi connectivity index (χ1n) is 47.3. The summed E-state index contributed by atoms with van der Waals surface area (Å²) in [7, 11) is -20.9. The van der Waals surface area contributed by atoms with Crippen LogP contribution in [-0.4, -0.2) is 150 Å². The van der Waals surface area contributed by atoms with Gasteiger partial charge in [0.2, 0.25) is 56.2 Å². The summed E-state index contributed by atoms with van der Waals surface area (Å²) in [5, 5.41) is 13.9. The molecule has 3 aliphatic rings. The van der Waals surface area contributed by atoms with Gasteiger partial charge in [-0.15, -0.1) is 0 Å². The maximum Gasteiger partial charge on any atom is 0.408 e. The van der Waals surface area contributed by atoms with Gasteiger partial charge in [0.15, 0.2) is 33.0 Å². The van der Waals surface area contributed by atoms with Crippen LogP contribution < -0.4 is 10.1 Å². The Balaban J connectivity index is 1.85. The summed E-state index contributed by atoms with van der Waals surface area (Å²) in [6.45, 7) is 99.4. The lowest BCUT2D eigenvalue weighted by Gasteiger charge is -2.59. The van der Waals surface area contributed by atoms with Crippen LogP contribution in [-0.2, 0) is 54.7 Å². The fourth-order valence-corrected chi connectivity index (χ4v) is 64.1. The van der Waals surface area contributed by atoms with E-state index in [1.165, 1.54) is 0 Å². The van der Waals surface area contributed by atoms with Crippen molar-refractivity contribution in [2.24, 2.45) is 0 Å². The summed E-state index contributed by atoms with van der Waals surface area (Å²) in [4.78, 5) is 27.9. The third-order valence-electron chi connectivity index (χ3n) is 30.1. The Morgan fingerprint density at radius 3 is 0.942 bits per heavy atom. The Labute approximate surface area is 740 Å². The van der Waals surface area contributed by atoms with Crippen molar-refractivity contribution in [2.75, 3.05) is 13.2 Å². The number of carboxylic acid groups (broad SMARTS) is 1. The third-order valence-corrected chi connectivity index (χ3v) is 72.7. The molecule has 23 heteroatoms. The molecule has 688 valence electrons. The van der Waals surface area contributed by atoms with E-state index in [9.17, 15) is 14.7 Å². The molecule has 1 amide bonds. The van der Waals surface area contributed by atoms with E-state index in [-0.39, 0.29) is 135 Å². The van der Waals surface area contributed by atoms with E-state index in [0.29, 0.717) is 11.3 Å². The average molecular weight is 1790 g/mol. The number of benzene rings is 3. The number of rotatable bonds is 45. The molecule has 2 aliphatic heterocycles. The highest BCUT2D eigenvalue weighted by Gasteiger charge is 2.66. The highest BCUT2D eigenvalue weighted by Crippen LogP contribution is 2.57. The molecule has 2 N–H and O–H groups in total. The number of fused-ring (bicyclic) bond motifs is 3. The number of carbonyl (C=O) groups excluding carboxylic acids is 1. The Hall–Kier alpha value is -2.68. The standard InChI is InChI=1S/C97H177NO15Si7/c1-57(2)114(58(3)4,59(5)6)103-56-85-87(108-115(60(7)8,61(9)10)62(11)12)88(109-116(63(13)14,64(15)16)65(17)18)91(111-118(69(25)26,70(27)28)71(29)30)95(105-85)106-90-89(110-117(66(19)20,67(21)22)68(23)24)92(112-119(72(31)32,73(33)34)74(35)36)96(113-120(75(37)38,76(39)40)77(41)42)107-94(90)104-79-53-51-78(52-54-79)86(93(99)100)98-97(101)102-55-84-82-49-45-43-47-80(82)81-48-44-46-50-83(81)84/h43-54,57-77,84-92,94-96H,55-56H2,1-42H3,(H,98,101)(H,99,100)/t85-,86+,87+,88+,89-,90?,91+,92-,94+,95-,96-/m1/s1. The zero-order valence-corrected chi connectivity index (χ0v) is 90.6. The van der Waals surface area contributed by atoms with Crippen molar-refractivity contribution in [3.63, 3.8) is 0 Å². The zero-order valence-electron chi connectivity index (χ0n) is 83.6. The second kappa shape index (κ2) is 43.2. The molecule has 2 heterocycles. The number of carboxylic acids is 1. The van der Waals surface area contributed by atoms with Gasteiger partial charge in [0, 0.05) is 5.92 Å². The van der Waals surface area contributed by atoms with Crippen LogP contribution in [0.1, 0.15) is 319 Å². The van der Waals surface area contributed by atoms with Crippen LogP contribution in [0.5, 0.6) is 5.75 Å². The van der Waals surface area contributed by atoms with E-state index in [4.69, 9.17) is 54.7 Å². The van der Waals surface area contributed by atoms with E-state index in [1.807, 2.05) is 24.3 Å². The lowest BCUT2D eigenvalue weighted by atomic mass is 9.98. The first kappa shape index (κ1) is 106. The van der Waals surface area contributed by atoms with Crippen molar-refractivity contribution >= 4 is 70.3 Å². The minimum atomic E-state index is -3.13. The molecular formula is C97H177NO15Si7. The number of hydrogen-bond acceptors (Lipinski definition) is 14. The summed E-state index contributed by atoms with van der Waals surface area (Å²) < 4.78 is 99.6. The molecule has 1 unspecified atom stereocenters. The van der Waals surface area contributed by atoms with Gasteiger partial charge in [0.1, 0.15) is 49.0 Å². The van der Waals surface area contributed by atoms with Crippen LogP contribution in [0.2, 0.25) is 116 Å². The Morgan fingerprint density at radius 1 is 0.325 bits per heavy atom. The van der Waals surface area contributed by atoms with Crippen LogP contribution in [0.25, 0.3) is 11.1 Å². The normalized spacial score (nSPS) is 22.1. The quantitative estimate of drug-likeness (QED) is 0.0511. The van der Waals surface area contributed by atoms with Crippen molar-refractivity contribution in [1.82, 2.24) is 5.32 Å². The highest BCUT2D eigenvalue weighted by molar-refractivity contribution is 6.81. The largest absolute Gasteiger partial charge is 0.479 e. The molecule has 0 radical (unpaired) electrons. The summed E-state index contributed by atoms with van der Waals surface area (Å²) in [6.07, 6.45) is -10.6. The van der Waals surface area contributed by atoms with Crippen molar-refractivity contribution in [3.05, 3.63) is 89.5 Å². The number of hydrogen-bond donors (Lipinski definition) is 2. The number of nitrogens with one attached hydrogen (secondary N) is 1. The van der Waals surface area contributed by atoms with Crippen LogP contribution in [0.15, 0.2) is 72.8 Å². The van der Waals surface area contributed by atoms with Gasteiger partial charge in [-0.05, 0) is 156 Å². The second-order valence-corrected chi connectivity index (χ2v) is 80.9. The molecule has 16 nitrogen and oxygen atoms in total. The van der Waals surface area contributed by atoms with Gasteiger partial charge in [-0.3, -0.25) is 0 Å². The van der Waals surface area contributed by atoms with E-state index in [2.05, 4.69) is 320 Å². The minimum absolute atomic E-state index is 0.0135. The number of ether oxygens (including phenoxy) is 5. The molecule has 2 fully saturated rings. The predicted molar refractivity (Wildman–Crippen MR) is 517 cm³/mol. The van der Waals surface area contributed by atoms with Gasteiger partial charge in [-0.25, -0.2) is 9.59 Å². The summed E-state index contributed by atoms with van der Waals surface area (Å²) in [5.74, 6) is -1.13. The fraction of sp³-hybridized carbons (Fsp3) is 0.794. The van der Waals surface area contributed by atoms with E-state index >= 15 is 0 Å². The molecule has 3 aromatic rings. The maximum absolute atomic E-state index is 14.2. The van der Waals surface area contributed by atoms with Crippen molar-refractivity contribution in [3.8, 4) is 16.9 Å². The Kier molecular flexibility index (Phi) is 38.2. The molecule has 0 aromatic heterocycles. The molecule has 1 aliphatic carbocycles. The summed E-state index contributed by atoms with van der Waals surface area (Å²) >= 11 is 0. The molecule has 0 spiro atoms. The smallest absolute Gasteiger partial charge is 0.408 e. The first-order chi connectivity index (χ1) is 55.5. The van der Waals surface area contributed by atoms with Crippen LogP contribution >= 0.6 is 0 Å². The van der Waals surface area contributed by atoms with Gasteiger partial charge in [0.25, 0.3) is 0 Å². The third kappa shape index (κ3) is 20.9.